The van der Waals surface area contributed by atoms with E-state index in [0.717, 1.165) is 49.5 Å². The Balaban J connectivity index is 1.53. The van der Waals surface area contributed by atoms with Gasteiger partial charge in [0, 0.05) is 62.3 Å². The minimum atomic E-state index is -0.515. The molecule has 1 amide bonds. The van der Waals surface area contributed by atoms with Crippen molar-refractivity contribution in [2.75, 3.05) is 44.0 Å². The summed E-state index contributed by atoms with van der Waals surface area (Å²) in [4.78, 5) is 19.7. The molecule has 29 heavy (non-hydrogen) atoms. The van der Waals surface area contributed by atoms with Gasteiger partial charge in [0.05, 0.1) is 0 Å². The number of nitrogens with two attached hydrogens (primary N) is 1. The van der Waals surface area contributed by atoms with E-state index >= 15 is 0 Å². The van der Waals surface area contributed by atoms with E-state index in [-0.39, 0.29) is 11.3 Å². The van der Waals surface area contributed by atoms with Gasteiger partial charge in [0.2, 0.25) is 0 Å². The Morgan fingerprint density at radius 3 is 2.90 bits per heavy atom. The number of ether oxygens (including phenoxy) is 2. The molecule has 3 N–H and O–H groups in total. The van der Waals surface area contributed by atoms with Crippen LogP contribution in [0.4, 0.5) is 11.5 Å². The molecule has 7 nitrogen and oxygen atoms in total. The van der Waals surface area contributed by atoms with Crippen LogP contribution in [0.1, 0.15) is 24.8 Å². The number of hydrogen-bond donors (Lipinski definition) is 2. The van der Waals surface area contributed by atoms with Gasteiger partial charge in [0.15, 0.2) is 6.10 Å². The zero-order valence-electron chi connectivity index (χ0n) is 16.8. The molecule has 0 aliphatic carbocycles. The van der Waals surface area contributed by atoms with Crippen molar-refractivity contribution in [3.63, 3.8) is 0 Å². The monoisotopic (exact) mass is 396 g/mol. The molecule has 4 rings (SSSR count). The number of para-hydroxylation sites is 1. The van der Waals surface area contributed by atoms with E-state index in [9.17, 15) is 4.79 Å². The molecule has 0 bridgehead atoms. The predicted octanol–water partition coefficient (Wildman–Crippen LogP) is 2.12. The maximum atomic E-state index is 13.0. The number of anilines is 2. The number of pyridine rings is 1. The number of nitrogens with one attached hydrogen (secondary N) is 1. The van der Waals surface area contributed by atoms with Gasteiger partial charge in [-0.05, 0) is 31.4 Å². The summed E-state index contributed by atoms with van der Waals surface area (Å²) in [6.07, 6.45) is 3.63. The lowest BCUT2D eigenvalue weighted by Gasteiger charge is -2.42. The molecular formula is C22H28N4O3. The quantitative estimate of drug-likeness (QED) is 0.727. The van der Waals surface area contributed by atoms with E-state index in [2.05, 4.69) is 21.3 Å². The summed E-state index contributed by atoms with van der Waals surface area (Å²) in [7, 11) is 1.66. The largest absolute Gasteiger partial charge is 0.479 e. The fraction of sp³-hybridized carbons (Fsp3) is 0.455. The third-order valence-corrected chi connectivity index (χ3v) is 5.98. The van der Waals surface area contributed by atoms with E-state index in [1.807, 2.05) is 24.3 Å². The summed E-state index contributed by atoms with van der Waals surface area (Å²) in [5.41, 5.74) is 7.45. The average Bonchev–Trinajstić information content (AvgIpc) is 3.06. The lowest BCUT2D eigenvalue weighted by atomic mass is 9.69. The number of benzene rings is 1. The fourth-order valence-corrected chi connectivity index (χ4v) is 4.46. The molecule has 0 saturated carbocycles. The maximum absolute atomic E-state index is 13.0. The molecule has 1 spiro atoms. The molecule has 2 aliphatic heterocycles. The van der Waals surface area contributed by atoms with Gasteiger partial charge in [-0.15, -0.1) is 0 Å². The molecular weight excluding hydrogens is 368 g/mol. The van der Waals surface area contributed by atoms with Crippen LogP contribution in [0.25, 0.3) is 0 Å². The van der Waals surface area contributed by atoms with E-state index in [0.29, 0.717) is 18.8 Å². The number of methoxy groups -OCH3 is 1. The highest BCUT2D eigenvalue weighted by molar-refractivity contribution is 5.84. The second-order valence-corrected chi connectivity index (χ2v) is 7.72. The molecule has 1 saturated heterocycles. The number of nitrogens with zero attached hydrogens (tertiary/aromatic N) is 2. The summed E-state index contributed by atoms with van der Waals surface area (Å²) in [5.74, 6) is 1.65. The summed E-state index contributed by atoms with van der Waals surface area (Å²) in [6, 6.07) is 11.7. The number of carbonyl (C=O) groups excluding carboxylic acids is 1. The number of fused-ring (bicyclic) bond motifs is 2. The summed E-state index contributed by atoms with van der Waals surface area (Å²) in [6.45, 7) is 2.79. The minimum absolute atomic E-state index is 0.0483. The van der Waals surface area contributed by atoms with Crippen LogP contribution < -0.4 is 20.7 Å². The van der Waals surface area contributed by atoms with Crippen LogP contribution in [-0.4, -0.2) is 50.3 Å². The lowest BCUT2D eigenvalue weighted by molar-refractivity contribution is -0.130. The molecule has 154 valence electrons. The maximum Gasteiger partial charge on any atom is 0.262 e. The zero-order valence-corrected chi connectivity index (χ0v) is 16.8. The van der Waals surface area contributed by atoms with Gasteiger partial charge < -0.3 is 25.4 Å². The number of aromatic nitrogens is 1. The molecule has 1 fully saturated rings. The minimum Gasteiger partial charge on any atom is -0.479 e. The Morgan fingerprint density at radius 1 is 1.34 bits per heavy atom. The first-order valence-corrected chi connectivity index (χ1v) is 10.1. The van der Waals surface area contributed by atoms with Gasteiger partial charge >= 0.3 is 0 Å². The first kappa shape index (κ1) is 19.5. The molecule has 7 heteroatoms. The molecule has 1 aromatic carbocycles. The summed E-state index contributed by atoms with van der Waals surface area (Å²) >= 11 is 0. The summed E-state index contributed by atoms with van der Waals surface area (Å²) < 4.78 is 11.3. The zero-order chi connectivity index (χ0) is 20.3. The Hall–Kier alpha value is -2.80. The van der Waals surface area contributed by atoms with E-state index in [1.54, 1.807) is 19.4 Å². The van der Waals surface area contributed by atoms with Crippen molar-refractivity contribution in [2.24, 2.45) is 0 Å². The van der Waals surface area contributed by atoms with Gasteiger partial charge in [0.25, 0.3) is 5.91 Å². The van der Waals surface area contributed by atoms with Crippen molar-refractivity contribution in [3.8, 4) is 5.75 Å². The van der Waals surface area contributed by atoms with Gasteiger partial charge in [-0.25, -0.2) is 4.98 Å². The van der Waals surface area contributed by atoms with E-state index in [1.165, 1.54) is 0 Å². The number of piperidine rings is 1. The van der Waals surface area contributed by atoms with Gasteiger partial charge in [-0.2, -0.15) is 0 Å². The van der Waals surface area contributed by atoms with Crippen molar-refractivity contribution >= 4 is 17.4 Å². The topological polar surface area (TPSA) is 89.7 Å². The van der Waals surface area contributed by atoms with Crippen molar-refractivity contribution in [2.45, 2.75) is 30.8 Å². The second kappa shape index (κ2) is 8.29. The van der Waals surface area contributed by atoms with E-state index < -0.39 is 6.10 Å². The first-order chi connectivity index (χ1) is 14.1. The van der Waals surface area contributed by atoms with Crippen LogP contribution >= 0.6 is 0 Å². The smallest absolute Gasteiger partial charge is 0.262 e. The number of carbonyl (C=O) groups is 1. The van der Waals surface area contributed by atoms with Crippen molar-refractivity contribution in [1.82, 2.24) is 10.3 Å². The van der Waals surface area contributed by atoms with Crippen LogP contribution in [0.3, 0.4) is 0 Å². The van der Waals surface area contributed by atoms with Gasteiger partial charge in [-0.3, -0.25) is 4.79 Å². The third kappa shape index (κ3) is 3.74. The Kier molecular flexibility index (Phi) is 5.58. The third-order valence-electron chi connectivity index (χ3n) is 5.98. The molecule has 1 unspecified atom stereocenters. The molecule has 1 aromatic heterocycles. The normalized spacial score (nSPS) is 19.6. The van der Waals surface area contributed by atoms with Crippen LogP contribution in [0.15, 0.2) is 42.6 Å². The van der Waals surface area contributed by atoms with Crippen LogP contribution in [0, 0.1) is 0 Å². The number of amides is 1. The molecule has 2 aliphatic rings. The second-order valence-electron chi connectivity index (χ2n) is 7.72. The van der Waals surface area contributed by atoms with Crippen molar-refractivity contribution in [1.29, 1.82) is 0 Å². The highest BCUT2D eigenvalue weighted by Crippen LogP contribution is 2.49. The Morgan fingerprint density at radius 2 is 2.14 bits per heavy atom. The van der Waals surface area contributed by atoms with Crippen molar-refractivity contribution < 1.29 is 14.3 Å². The Bertz CT molecular complexity index is 865. The lowest BCUT2D eigenvalue weighted by Crippen LogP contribution is -2.54. The fourth-order valence-electron chi connectivity index (χ4n) is 4.46. The van der Waals surface area contributed by atoms with Gasteiger partial charge in [0.1, 0.15) is 11.6 Å². The van der Waals surface area contributed by atoms with E-state index in [4.69, 9.17) is 15.2 Å². The summed E-state index contributed by atoms with van der Waals surface area (Å²) in [5, 5.41) is 3.03. The van der Waals surface area contributed by atoms with Gasteiger partial charge in [-0.1, -0.05) is 18.2 Å². The Labute approximate surface area is 171 Å². The standard InChI is InChI=1S/C22H28N4O3/c1-28-14-4-10-25-21(27)20-22(17-5-2-3-6-18(17)29-20)8-12-26(13-9-22)19-15-16(23)7-11-24-19/h2-3,5-7,11,15,20H,4,8-10,12-14H2,1H3,(H2,23,24)(H,25,27). The highest BCUT2D eigenvalue weighted by atomic mass is 16.5. The van der Waals surface area contributed by atoms with Crippen molar-refractivity contribution in [3.05, 3.63) is 48.2 Å². The molecule has 2 aromatic rings. The average molecular weight is 396 g/mol. The first-order valence-electron chi connectivity index (χ1n) is 10.1. The number of nitrogen functional groups attached to an aromatic ring is 1. The SMILES string of the molecule is COCCCNC(=O)C1Oc2ccccc2C12CCN(c1cc(N)ccn1)CC2. The molecule has 1 atom stereocenters. The van der Waals surface area contributed by atoms with Crippen LogP contribution in [0.2, 0.25) is 0 Å². The molecule has 0 radical (unpaired) electrons. The van der Waals surface area contributed by atoms with Crippen LogP contribution in [0.5, 0.6) is 5.75 Å². The molecule has 3 heterocycles. The highest BCUT2D eigenvalue weighted by Gasteiger charge is 2.53. The predicted molar refractivity (Wildman–Crippen MR) is 112 cm³/mol. The number of rotatable bonds is 6. The van der Waals surface area contributed by atoms with Crippen LogP contribution in [-0.2, 0) is 14.9 Å². The number of hydrogen-bond acceptors (Lipinski definition) is 6.